The van der Waals surface area contributed by atoms with E-state index in [0.717, 1.165) is 6.42 Å². The quantitative estimate of drug-likeness (QED) is 0.336. The third kappa shape index (κ3) is 7.62. The summed E-state index contributed by atoms with van der Waals surface area (Å²) in [6.45, 7) is 6.49. The van der Waals surface area contributed by atoms with Gasteiger partial charge in [-0.25, -0.2) is 0 Å². The topological polar surface area (TPSA) is 98.1 Å². The van der Waals surface area contributed by atoms with Crippen LogP contribution >= 0.6 is 35.0 Å². The molecule has 3 rings (SSSR count). The molecule has 0 aliphatic carbocycles. The SMILES string of the molecule is CCc1ccc(O[C@H](C)C(=O)NCc2nnc(SCC(=O)Nc3ccc(Cl)cc3Cl)n2CC)cc1. The molecule has 0 aliphatic rings. The summed E-state index contributed by atoms with van der Waals surface area (Å²) < 4.78 is 7.58. The second-order valence-corrected chi connectivity index (χ2v) is 9.37. The maximum atomic E-state index is 12.5. The Bertz CT molecular complexity index is 1170. The number of amides is 2. The summed E-state index contributed by atoms with van der Waals surface area (Å²) in [4.78, 5) is 24.9. The molecule has 0 saturated heterocycles. The van der Waals surface area contributed by atoms with Crippen LogP contribution in [0.3, 0.4) is 0 Å². The summed E-state index contributed by atoms with van der Waals surface area (Å²) in [5.74, 6) is 0.842. The fourth-order valence-corrected chi connectivity index (χ4v) is 4.43. The molecule has 2 N–H and O–H groups in total. The highest BCUT2D eigenvalue weighted by Crippen LogP contribution is 2.26. The van der Waals surface area contributed by atoms with Crippen molar-refractivity contribution < 1.29 is 14.3 Å². The summed E-state index contributed by atoms with van der Waals surface area (Å²) >= 11 is 13.2. The smallest absolute Gasteiger partial charge is 0.261 e. The highest BCUT2D eigenvalue weighted by atomic mass is 35.5. The fraction of sp³-hybridized carbons (Fsp3) is 0.333. The number of thioether (sulfide) groups is 1. The highest BCUT2D eigenvalue weighted by Gasteiger charge is 2.18. The van der Waals surface area contributed by atoms with Gasteiger partial charge < -0.3 is 19.9 Å². The number of halogens is 2. The molecule has 2 aromatic carbocycles. The van der Waals surface area contributed by atoms with Gasteiger partial charge in [0.05, 0.1) is 23.0 Å². The number of carbonyl (C=O) groups is 2. The monoisotopic (exact) mass is 535 g/mol. The van der Waals surface area contributed by atoms with Crippen LogP contribution in [0.5, 0.6) is 5.75 Å². The molecule has 0 saturated carbocycles. The first kappa shape index (κ1) is 26.8. The predicted molar refractivity (Wildman–Crippen MR) is 139 cm³/mol. The molecule has 0 radical (unpaired) electrons. The van der Waals surface area contributed by atoms with E-state index >= 15 is 0 Å². The van der Waals surface area contributed by atoms with Crippen LogP contribution in [0.15, 0.2) is 47.6 Å². The zero-order valence-corrected chi connectivity index (χ0v) is 22.0. The standard InChI is InChI=1S/C24H27Cl2N5O3S/c1-4-16-6-9-18(10-7-16)34-15(3)23(33)27-13-21-29-30-24(31(21)5-2)35-14-22(32)28-20-11-8-17(25)12-19(20)26/h6-12,15H,4-5,13-14H2,1-3H3,(H,27,33)(H,28,32)/t15-/m1/s1. The molecule has 11 heteroatoms. The molecule has 0 spiro atoms. The number of aromatic nitrogens is 3. The number of aryl methyl sites for hydroxylation is 1. The lowest BCUT2D eigenvalue weighted by atomic mass is 10.2. The number of rotatable bonds is 11. The zero-order chi connectivity index (χ0) is 25.4. The first-order valence-corrected chi connectivity index (χ1v) is 12.9. The number of benzene rings is 2. The van der Waals surface area contributed by atoms with E-state index in [9.17, 15) is 9.59 Å². The Morgan fingerprint density at radius 3 is 2.51 bits per heavy atom. The number of hydrogen-bond donors (Lipinski definition) is 2. The molecule has 0 unspecified atom stereocenters. The lowest BCUT2D eigenvalue weighted by Gasteiger charge is -2.15. The zero-order valence-electron chi connectivity index (χ0n) is 19.7. The molecule has 0 fully saturated rings. The minimum atomic E-state index is -0.669. The number of carbonyl (C=O) groups excluding carboxylic acids is 2. The van der Waals surface area contributed by atoms with Crippen LogP contribution in [0, 0.1) is 0 Å². The average molecular weight is 536 g/mol. The minimum Gasteiger partial charge on any atom is -0.481 e. The van der Waals surface area contributed by atoms with Gasteiger partial charge in [0.2, 0.25) is 5.91 Å². The summed E-state index contributed by atoms with van der Waals surface area (Å²) in [6.07, 6.45) is 0.272. The number of anilines is 1. The van der Waals surface area contributed by atoms with Gasteiger partial charge in [-0.15, -0.1) is 10.2 Å². The molecule has 0 bridgehead atoms. The van der Waals surface area contributed by atoms with Crippen molar-refractivity contribution in [1.29, 1.82) is 0 Å². The molecular formula is C24H27Cl2N5O3S. The molecule has 0 aliphatic heterocycles. The predicted octanol–water partition coefficient (Wildman–Crippen LogP) is 4.98. The van der Waals surface area contributed by atoms with E-state index in [0.29, 0.717) is 39.0 Å². The Labute approximate surface area is 218 Å². The third-order valence-corrected chi connectivity index (χ3v) is 6.60. The van der Waals surface area contributed by atoms with Crippen molar-refractivity contribution in [2.75, 3.05) is 11.1 Å². The van der Waals surface area contributed by atoms with E-state index in [1.54, 1.807) is 25.1 Å². The van der Waals surface area contributed by atoms with E-state index in [-0.39, 0.29) is 24.1 Å². The van der Waals surface area contributed by atoms with Crippen molar-refractivity contribution in [2.24, 2.45) is 0 Å². The first-order chi connectivity index (χ1) is 16.8. The Morgan fingerprint density at radius 2 is 1.86 bits per heavy atom. The molecular weight excluding hydrogens is 509 g/mol. The summed E-state index contributed by atoms with van der Waals surface area (Å²) in [5.41, 5.74) is 1.69. The van der Waals surface area contributed by atoms with E-state index in [4.69, 9.17) is 27.9 Å². The van der Waals surface area contributed by atoms with Crippen LogP contribution in [0.25, 0.3) is 0 Å². The van der Waals surface area contributed by atoms with E-state index in [1.165, 1.54) is 17.3 Å². The average Bonchev–Trinajstić information content (AvgIpc) is 3.25. The van der Waals surface area contributed by atoms with Crippen molar-refractivity contribution in [1.82, 2.24) is 20.1 Å². The highest BCUT2D eigenvalue weighted by molar-refractivity contribution is 7.99. The number of hydrogen-bond acceptors (Lipinski definition) is 6. The molecule has 1 aromatic heterocycles. The molecule has 35 heavy (non-hydrogen) atoms. The first-order valence-electron chi connectivity index (χ1n) is 11.1. The van der Waals surface area contributed by atoms with Crippen molar-refractivity contribution >= 4 is 52.5 Å². The summed E-state index contributed by atoms with van der Waals surface area (Å²) in [6, 6.07) is 12.5. The van der Waals surface area contributed by atoms with E-state index < -0.39 is 6.10 Å². The van der Waals surface area contributed by atoms with Gasteiger partial charge in [0.25, 0.3) is 5.91 Å². The van der Waals surface area contributed by atoms with Crippen molar-refractivity contribution in [3.05, 3.63) is 63.9 Å². The number of ether oxygens (including phenoxy) is 1. The van der Waals surface area contributed by atoms with Gasteiger partial charge in [0, 0.05) is 11.6 Å². The molecule has 186 valence electrons. The van der Waals surface area contributed by atoms with Gasteiger partial charge in [-0.2, -0.15) is 0 Å². The van der Waals surface area contributed by atoms with E-state index in [2.05, 4.69) is 27.8 Å². The Hall–Kier alpha value is -2.75. The van der Waals surface area contributed by atoms with Gasteiger partial charge in [0.1, 0.15) is 5.75 Å². The van der Waals surface area contributed by atoms with Crippen molar-refractivity contribution in [2.45, 2.75) is 51.5 Å². The molecule has 8 nitrogen and oxygen atoms in total. The normalized spacial score (nSPS) is 11.7. The van der Waals surface area contributed by atoms with Gasteiger partial charge in [-0.1, -0.05) is 54.0 Å². The van der Waals surface area contributed by atoms with Crippen LogP contribution in [0.2, 0.25) is 10.0 Å². The molecule has 1 heterocycles. The van der Waals surface area contributed by atoms with E-state index in [1.807, 2.05) is 35.8 Å². The maximum absolute atomic E-state index is 12.5. The second kappa shape index (κ2) is 12.8. The molecule has 3 aromatic rings. The summed E-state index contributed by atoms with van der Waals surface area (Å²) in [5, 5.41) is 15.4. The molecule has 1 atom stereocenters. The Kier molecular flexibility index (Phi) is 9.83. The largest absolute Gasteiger partial charge is 0.481 e. The van der Waals surface area contributed by atoms with Crippen LogP contribution in [0.1, 0.15) is 32.2 Å². The van der Waals surface area contributed by atoms with Crippen molar-refractivity contribution in [3.8, 4) is 5.75 Å². The second-order valence-electron chi connectivity index (χ2n) is 7.58. The Morgan fingerprint density at radius 1 is 1.11 bits per heavy atom. The van der Waals surface area contributed by atoms with Crippen LogP contribution in [0.4, 0.5) is 5.69 Å². The van der Waals surface area contributed by atoms with Crippen LogP contribution < -0.4 is 15.4 Å². The summed E-state index contributed by atoms with van der Waals surface area (Å²) in [7, 11) is 0. The number of nitrogens with one attached hydrogen (secondary N) is 2. The van der Waals surface area contributed by atoms with Gasteiger partial charge in [0.15, 0.2) is 17.1 Å². The molecule has 2 amide bonds. The van der Waals surface area contributed by atoms with Gasteiger partial charge >= 0.3 is 0 Å². The number of nitrogens with zero attached hydrogens (tertiary/aromatic N) is 3. The van der Waals surface area contributed by atoms with Gasteiger partial charge in [-0.3, -0.25) is 9.59 Å². The lowest BCUT2D eigenvalue weighted by molar-refractivity contribution is -0.127. The van der Waals surface area contributed by atoms with Gasteiger partial charge in [-0.05, 0) is 56.2 Å². The maximum Gasteiger partial charge on any atom is 0.261 e. The Balaban J connectivity index is 1.51. The van der Waals surface area contributed by atoms with Crippen molar-refractivity contribution in [3.63, 3.8) is 0 Å². The van der Waals surface area contributed by atoms with Crippen LogP contribution in [-0.4, -0.2) is 38.4 Å². The lowest BCUT2D eigenvalue weighted by Crippen LogP contribution is -2.36. The fourth-order valence-electron chi connectivity index (χ4n) is 3.15. The third-order valence-electron chi connectivity index (χ3n) is 5.08. The van der Waals surface area contributed by atoms with Crippen LogP contribution in [-0.2, 0) is 29.1 Å². The minimum absolute atomic E-state index is 0.116.